The molecule has 1 atom stereocenters. The Hall–Kier alpha value is -2.80. The molecule has 0 saturated heterocycles. The number of nitrogens with one attached hydrogen (secondary N) is 2. The molecular formula is C22H28N2O4S. The lowest BCUT2D eigenvalue weighted by molar-refractivity contribution is 0.0600. The normalized spacial score (nSPS) is 11.3. The molecule has 0 unspecified atom stereocenters. The van der Waals surface area contributed by atoms with Gasteiger partial charge in [-0.05, 0) is 75.3 Å². The SMILES string of the molecule is CCOc1ccc([C@H](C)NC(=S)Nc2cccc(C(=O)OC)c2C)cc1OCC. The largest absolute Gasteiger partial charge is 0.490 e. The van der Waals surface area contributed by atoms with Crippen LogP contribution in [0.15, 0.2) is 36.4 Å². The number of anilines is 1. The van der Waals surface area contributed by atoms with Gasteiger partial charge in [0.1, 0.15) is 0 Å². The predicted octanol–water partition coefficient (Wildman–Crippen LogP) is 4.63. The number of carbonyl (C=O) groups is 1. The van der Waals surface area contributed by atoms with Gasteiger partial charge in [-0.2, -0.15) is 0 Å². The molecule has 0 bridgehead atoms. The van der Waals surface area contributed by atoms with Gasteiger partial charge in [-0.25, -0.2) is 4.79 Å². The zero-order valence-electron chi connectivity index (χ0n) is 17.5. The third-order valence-electron chi connectivity index (χ3n) is 4.40. The van der Waals surface area contributed by atoms with Crippen molar-refractivity contribution in [3.8, 4) is 11.5 Å². The van der Waals surface area contributed by atoms with Crippen LogP contribution in [0.1, 0.15) is 48.3 Å². The minimum absolute atomic E-state index is 0.0611. The van der Waals surface area contributed by atoms with E-state index in [2.05, 4.69) is 10.6 Å². The van der Waals surface area contributed by atoms with Crippen molar-refractivity contribution in [1.82, 2.24) is 5.32 Å². The number of rotatable bonds is 8. The van der Waals surface area contributed by atoms with Crippen LogP contribution in [0, 0.1) is 6.92 Å². The van der Waals surface area contributed by atoms with Crippen LogP contribution in [0.5, 0.6) is 11.5 Å². The summed E-state index contributed by atoms with van der Waals surface area (Å²) in [5, 5.41) is 6.87. The number of esters is 1. The summed E-state index contributed by atoms with van der Waals surface area (Å²) in [7, 11) is 1.36. The lowest BCUT2D eigenvalue weighted by Gasteiger charge is -2.20. The fourth-order valence-electron chi connectivity index (χ4n) is 2.88. The fourth-order valence-corrected chi connectivity index (χ4v) is 3.16. The zero-order valence-corrected chi connectivity index (χ0v) is 18.3. The Kier molecular flexibility index (Phi) is 8.27. The smallest absolute Gasteiger partial charge is 0.338 e. The number of hydrogen-bond acceptors (Lipinski definition) is 5. The summed E-state index contributed by atoms with van der Waals surface area (Å²) in [6, 6.07) is 11.2. The molecule has 6 nitrogen and oxygen atoms in total. The molecule has 0 radical (unpaired) electrons. The predicted molar refractivity (Wildman–Crippen MR) is 119 cm³/mol. The number of benzene rings is 2. The van der Waals surface area contributed by atoms with E-state index >= 15 is 0 Å². The summed E-state index contributed by atoms with van der Waals surface area (Å²) in [6.07, 6.45) is 0. The van der Waals surface area contributed by atoms with Gasteiger partial charge in [-0.3, -0.25) is 0 Å². The van der Waals surface area contributed by atoms with Gasteiger partial charge in [-0.15, -0.1) is 0 Å². The second-order valence-electron chi connectivity index (χ2n) is 6.36. The highest BCUT2D eigenvalue weighted by molar-refractivity contribution is 7.80. The van der Waals surface area contributed by atoms with Crippen LogP contribution in [-0.2, 0) is 4.74 Å². The standard InChI is InChI=1S/C22H28N2O4S/c1-6-27-19-12-11-16(13-20(19)28-7-2)15(4)23-22(29)24-18-10-8-9-17(14(18)3)21(25)26-5/h8-13,15H,6-7H2,1-5H3,(H2,23,24,29)/t15-/m0/s1. The van der Waals surface area contributed by atoms with Crippen molar-refractivity contribution in [3.63, 3.8) is 0 Å². The second-order valence-corrected chi connectivity index (χ2v) is 6.77. The molecule has 0 aliphatic heterocycles. The number of thiocarbonyl (C=S) groups is 1. The monoisotopic (exact) mass is 416 g/mol. The second kappa shape index (κ2) is 10.7. The van der Waals surface area contributed by atoms with Gasteiger partial charge >= 0.3 is 5.97 Å². The third-order valence-corrected chi connectivity index (χ3v) is 4.62. The number of methoxy groups -OCH3 is 1. The summed E-state index contributed by atoms with van der Waals surface area (Å²) >= 11 is 5.47. The van der Waals surface area contributed by atoms with Crippen LogP contribution >= 0.6 is 12.2 Å². The third kappa shape index (κ3) is 5.84. The quantitative estimate of drug-likeness (QED) is 0.480. The van der Waals surface area contributed by atoms with Crippen molar-refractivity contribution in [3.05, 3.63) is 53.1 Å². The molecule has 0 heterocycles. The number of ether oxygens (including phenoxy) is 3. The Balaban J connectivity index is 2.11. The van der Waals surface area contributed by atoms with Crippen LogP contribution in [0.2, 0.25) is 0 Å². The maximum atomic E-state index is 11.9. The van der Waals surface area contributed by atoms with E-state index in [4.69, 9.17) is 26.4 Å². The van der Waals surface area contributed by atoms with Gasteiger partial charge < -0.3 is 24.8 Å². The van der Waals surface area contributed by atoms with Crippen LogP contribution in [0.25, 0.3) is 0 Å². The van der Waals surface area contributed by atoms with Crippen molar-refractivity contribution in [2.24, 2.45) is 0 Å². The summed E-state index contributed by atoms with van der Waals surface area (Å²) in [4.78, 5) is 11.9. The van der Waals surface area contributed by atoms with E-state index in [1.165, 1.54) is 7.11 Å². The summed E-state index contributed by atoms with van der Waals surface area (Å²) < 4.78 is 16.1. The molecule has 2 rings (SSSR count). The fraction of sp³-hybridized carbons (Fsp3) is 0.364. The first-order valence-electron chi connectivity index (χ1n) is 9.56. The van der Waals surface area contributed by atoms with Crippen molar-refractivity contribution >= 4 is 29.0 Å². The van der Waals surface area contributed by atoms with E-state index in [-0.39, 0.29) is 12.0 Å². The van der Waals surface area contributed by atoms with Gasteiger partial charge in [0.15, 0.2) is 16.6 Å². The molecule has 0 aliphatic carbocycles. The topological polar surface area (TPSA) is 68.8 Å². The highest BCUT2D eigenvalue weighted by Gasteiger charge is 2.15. The molecule has 0 aromatic heterocycles. The van der Waals surface area contributed by atoms with Crippen LogP contribution < -0.4 is 20.1 Å². The molecule has 0 saturated carbocycles. The summed E-state index contributed by atoms with van der Waals surface area (Å²) in [6.45, 7) is 8.87. The first kappa shape index (κ1) is 22.5. The van der Waals surface area contributed by atoms with Crippen molar-refractivity contribution < 1.29 is 19.0 Å². The Morgan fingerprint density at radius 3 is 2.45 bits per heavy atom. The average molecular weight is 417 g/mol. The van der Waals surface area contributed by atoms with E-state index < -0.39 is 0 Å². The first-order valence-corrected chi connectivity index (χ1v) is 9.97. The molecule has 2 aromatic rings. The minimum Gasteiger partial charge on any atom is -0.490 e. The van der Waals surface area contributed by atoms with Crippen molar-refractivity contribution in [2.45, 2.75) is 33.7 Å². The molecule has 0 fully saturated rings. The lowest BCUT2D eigenvalue weighted by atomic mass is 10.1. The van der Waals surface area contributed by atoms with E-state index in [1.807, 2.05) is 52.0 Å². The zero-order chi connectivity index (χ0) is 21.4. The van der Waals surface area contributed by atoms with Gasteiger partial charge in [0, 0.05) is 5.69 Å². The molecule has 156 valence electrons. The maximum Gasteiger partial charge on any atom is 0.338 e. The number of hydrogen-bond donors (Lipinski definition) is 2. The van der Waals surface area contributed by atoms with Crippen LogP contribution in [-0.4, -0.2) is 31.4 Å². The van der Waals surface area contributed by atoms with Crippen LogP contribution in [0.3, 0.4) is 0 Å². The molecule has 2 N–H and O–H groups in total. The molecule has 0 aliphatic rings. The van der Waals surface area contributed by atoms with Gasteiger partial charge in [-0.1, -0.05) is 12.1 Å². The Bertz CT molecular complexity index is 870. The van der Waals surface area contributed by atoms with Gasteiger partial charge in [0.05, 0.1) is 31.9 Å². The van der Waals surface area contributed by atoms with Gasteiger partial charge in [0.2, 0.25) is 0 Å². The number of carbonyl (C=O) groups excluding carboxylic acids is 1. The van der Waals surface area contributed by atoms with Crippen LogP contribution in [0.4, 0.5) is 5.69 Å². The van der Waals surface area contributed by atoms with Crippen molar-refractivity contribution in [2.75, 3.05) is 25.6 Å². The molecule has 0 spiro atoms. The van der Waals surface area contributed by atoms with E-state index in [0.717, 1.165) is 22.6 Å². The highest BCUT2D eigenvalue weighted by atomic mass is 32.1. The van der Waals surface area contributed by atoms with E-state index in [0.29, 0.717) is 29.6 Å². The van der Waals surface area contributed by atoms with Gasteiger partial charge in [0.25, 0.3) is 0 Å². The molecule has 0 amide bonds. The highest BCUT2D eigenvalue weighted by Crippen LogP contribution is 2.30. The van der Waals surface area contributed by atoms with Crippen molar-refractivity contribution in [1.29, 1.82) is 0 Å². The first-order chi connectivity index (χ1) is 13.9. The maximum absolute atomic E-state index is 11.9. The molecule has 2 aromatic carbocycles. The van der Waals surface area contributed by atoms with E-state index in [9.17, 15) is 4.79 Å². The summed E-state index contributed by atoms with van der Waals surface area (Å²) in [5.41, 5.74) is 3.04. The Morgan fingerprint density at radius 1 is 1.10 bits per heavy atom. The summed E-state index contributed by atoms with van der Waals surface area (Å²) in [5.74, 6) is 1.05. The molecule has 7 heteroatoms. The Morgan fingerprint density at radius 2 is 1.79 bits per heavy atom. The molecular weight excluding hydrogens is 388 g/mol. The minimum atomic E-state index is -0.378. The lowest BCUT2D eigenvalue weighted by Crippen LogP contribution is -2.31. The average Bonchev–Trinajstić information content (AvgIpc) is 2.70. The molecule has 29 heavy (non-hydrogen) atoms. The van der Waals surface area contributed by atoms with E-state index in [1.54, 1.807) is 12.1 Å². The Labute approximate surface area is 177 Å².